The van der Waals surface area contributed by atoms with Crippen LogP contribution in [0.5, 0.6) is 0 Å². The van der Waals surface area contributed by atoms with Gasteiger partial charge in [-0.25, -0.2) is 0 Å². The maximum Gasteiger partial charge on any atom is 0.0701 e. The van der Waals surface area contributed by atoms with E-state index < -0.39 is 5.41 Å². The standard InChI is InChI=1S/C13H24N6O5/c14-18-16-9-13(10-17-19-15)11-23-7-5-21-3-1-20-2-4-22-6-8-24-12-13/h1-12H2. The predicted octanol–water partition coefficient (Wildman–Crippen LogP) is 1.69. The van der Waals surface area contributed by atoms with Crippen molar-refractivity contribution in [1.82, 2.24) is 0 Å². The normalized spacial score (nSPS) is 21.2. The molecule has 1 fully saturated rings. The predicted molar refractivity (Wildman–Crippen MR) is 84.6 cm³/mol. The molecule has 136 valence electrons. The smallest absolute Gasteiger partial charge is 0.0701 e. The molecule has 1 rings (SSSR count). The van der Waals surface area contributed by atoms with E-state index in [4.69, 9.17) is 34.7 Å². The molecule has 1 saturated heterocycles. The van der Waals surface area contributed by atoms with Gasteiger partial charge in [0.1, 0.15) is 0 Å². The van der Waals surface area contributed by atoms with Crippen LogP contribution in [0.25, 0.3) is 20.9 Å². The summed E-state index contributed by atoms with van der Waals surface area (Å²) < 4.78 is 27.3. The monoisotopic (exact) mass is 344 g/mol. The molecular weight excluding hydrogens is 320 g/mol. The first kappa shape index (κ1) is 20.5. The van der Waals surface area contributed by atoms with E-state index in [2.05, 4.69) is 20.1 Å². The number of rotatable bonds is 4. The molecule has 0 aromatic heterocycles. The Balaban J connectivity index is 2.63. The van der Waals surface area contributed by atoms with Crippen LogP contribution in [0.3, 0.4) is 0 Å². The van der Waals surface area contributed by atoms with E-state index in [1.807, 2.05) is 0 Å². The van der Waals surface area contributed by atoms with Crippen molar-refractivity contribution in [1.29, 1.82) is 0 Å². The Morgan fingerprint density at radius 2 is 0.958 bits per heavy atom. The highest BCUT2D eigenvalue weighted by Crippen LogP contribution is 2.21. The summed E-state index contributed by atoms with van der Waals surface area (Å²) in [5, 5.41) is 7.22. The Morgan fingerprint density at radius 3 is 1.29 bits per heavy atom. The summed E-state index contributed by atoms with van der Waals surface area (Å²) in [4.78, 5) is 5.56. The molecule has 1 heterocycles. The van der Waals surface area contributed by atoms with Crippen molar-refractivity contribution < 1.29 is 23.7 Å². The molecule has 0 saturated carbocycles. The second-order valence-corrected chi connectivity index (χ2v) is 5.22. The van der Waals surface area contributed by atoms with Gasteiger partial charge < -0.3 is 23.7 Å². The Bertz CT molecular complexity index is 387. The fourth-order valence-corrected chi connectivity index (χ4v) is 1.99. The van der Waals surface area contributed by atoms with Gasteiger partial charge in [0.05, 0.1) is 66.1 Å². The molecule has 11 nitrogen and oxygen atoms in total. The number of ether oxygens (including phenoxy) is 5. The Morgan fingerprint density at radius 1 is 0.625 bits per heavy atom. The summed E-state index contributed by atoms with van der Waals surface area (Å²) >= 11 is 0. The van der Waals surface area contributed by atoms with E-state index in [9.17, 15) is 0 Å². The van der Waals surface area contributed by atoms with Crippen LogP contribution in [0.15, 0.2) is 10.2 Å². The fraction of sp³-hybridized carbons (Fsp3) is 1.00. The molecule has 0 spiro atoms. The molecule has 0 bridgehead atoms. The van der Waals surface area contributed by atoms with Crippen LogP contribution in [0, 0.1) is 5.41 Å². The Hall–Kier alpha value is -1.58. The van der Waals surface area contributed by atoms with Crippen molar-refractivity contribution >= 4 is 0 Å². The second kappa shape index (κ2) is 13.8. The number of hydrogen-bond donors (Lipinski definition) is 0. The average molecular weight is 344 g/mol. The van der Waals surface area contributed by atoms with Crippen LogP contribution in [0.1, 0.15) is 0 Å². The maximum atomic E-state index is 8.59. The van der Waals surface area contributed by atoms with E-state index in [-0.39, 0.29) is 26.3 Å². The third-order valence-electron chi connectivity index (χ3n) is 3.24. The molecule has 0 atom stereocenters. The summed E-state index contributed by atoms with van der Waals surface area (Å²) in [6.45, 7) is 4.21. The van der Waals surface area contributed by atoms with Crippen LogP contribution in [-0.4, -0.2) is 79.2 Å². The topological polar surface area (TPSA) is 144 Å². The van der Waals surface area contributed by atoms with Gasteiger partial charge in [-0.15, -0.1) is 0 Å². The van der Waals surface area contributed by atoms with Gasteiger partial charge in [0.15, 0.2) is 0 Å². The second-order valence-electron chi connectivity index (χ2n) is 5.22. The first-order valence-corrected chi connectivity index (χ1v) is 7.73. The third-order valence-corrected chi connectivity index (χ3v) is 3.24. The molecule has 11 heteroatoms. The van der Waals surface area contributed by atoms with Gasteiger partial charge in [-0.3, -0.25) is 0 Å². The molecule has 1 aliphatic heterocycles. The van der Waals surface area contributed by atoms with Gasteiger partial charge in [-0.1, -0.05) is 10.2 Å². The van der Waals surface area contributed by atoms with E-state index in [0.29, 0.717) is 52.9 Å². The lowest BCUT2D eigenvalue weighted by atomic mass is 9.90. The summed E-state index contributed by atoms with van der Waals surface area (Å²) in [7, 11) is 0. The van der Waals surface area contributed by atoms with Crippen LogP contribution in [-0.2, 0) is 23.7 Å². The summed E-state index contributed by atoms with van der Waals surface area (Å²) in [6, 6.07) is 0. The zero-order chi connectivity index (χ0) is 17.3. The van der Waals surface area contributed by atoms with Crippen LogP contribution in [0.4, 0.5) is 0 Å². The first-order valence-electron chi connectivity index (χ1n) is 7.73. The first-order chi connectivity index (χ1) is 11.8. The van der Waals surface area contributed by atoms with E-state index in [1.54, 1.807) is 0 Å². The highest BCUT2D eigenvalue weighted by atomic mass is 16.6. The molecule has 0 aromatic carbocycles. The van der Waals surface area contributed by atoms with Crippen LogP contribution in [0.2, 0.25) is 0 Å². The minimum Gasteiger partial charge on any atom is -0.378 e. The molecule has 0 N–H and O–H groups in total. The van der Waals surface area contributed by atoms with E-state index in [0.717, 1.165) is 0 Å². The molecule has 1 aliphatic rings. The van der Waals surface area contributed by atoms with E-state index >= 15 is 0 Å². The van der Waals surface area contributed by atoms with Gasteiger partial charge in [-0.05, 0) is 11.1 Å². The third kappa shape index (κ3) is 9.53. The van der Waals surface area contributed by atoms with Gasteiger partial charge in [0.2, 0.25) is 0 Å². The lowest BCUT2D eigenvalue weighted by molar-refractivity contribution is -0.0553. The molecule has 24 heavy (non-hydrogen) atoms. The summed E-state index contributed by atoms with van der Waals surface area (Å²) in [6.07, 6.45) is 0. The quantitative estimate of drug-likeness (QED) is 0.433. The van der Waals surface area contributed by atoms with E-state index in [1.165, 1.54) is 0 Å². The molecular formula is C13H24N6O5. The minimum atomic E-state index is -0.710. The lowest BCUT2D eigenvalue weighted by Gasteiger charge is -2.30. The van der Waals surface area contributed by atoms with Crippen molar-refractivity contribution in [2.45, 2.75) is 0 Å². The van der Waals surface area contributed by atoms with Crippen LogP contribution >= 0.6 is 0 Å². The zero-order valence-electron chi connectivity index (χ0n) is 13.7. The van der Waals surface area contributed by atoms with Gasteiger partial charge >= 0.3 is 0 Å². The zero-order valence-corrected chi connectivity index (χ0v) is 13.7. The Labute approximate surface area is 140 Å². The van der Waals surface area contributed by atoms with Gasteiger partial charge in [0.25, 0.3) is 0 Å². The molecule has 0 aromatic rings. The summed E-state index contributed by atoms with van der Waals surface area (Å²) in [5.41, 5.74) is 16.5. The lowest BCUT2D eigenvalue weighted by Crippen LogP contribution is -2.39. The van der Waals surface area contributed by atoms with Crippen molar-refractivity contribution in [3.05, 3.63) is 20.9 Å². The van der Waals surface area contributed by atoms with Gasteiger partial charge in [0, 0.05) is 28.3 Å². The molecule has 0 unspecified atom stereocenters. The highest BCUT2D eigenvalue weighted by Gasteiger charge is 2.30. The van der Waals surface area contributed by atoms with Gasteiger partial charge in [-0.2, -0.15) is 0 Å². The maximum absolute atomic E-state index is 8.59. The van der Waals surface area contributed by atoms with Crippen molar-refractivity contribution in [2.24, 2.45) is 15.6 Å². The molecule has 0 amide bonds. The number of hydrogen-bond acceptors (Lipinski definition) is 7. The molecule has 0 aliphatic carbocycles. The fourth-order valence-electron chi connectivity index (χ4n) is 1.99. The van der Waals surface area contributed by atoms with Crippen molar-refractivity contribution in [3.8, 4) is 0 Å². The summed E-state index contributed by atoms with van der Waals surface area (Å²) in [5.74, 6) is 0. The largest absolute Gasteiger partial charge is 0.378 e. The molecule has 0 radical (unpaired) electrons. The number of nitrogens with zero attached hydrogens (tertiary/aromatic N) is 6. The SMILES string of the molecule is [N-]=[N+]=NCC1(CN=[N+]=[N-])COCCOCCOCCOCCOC1. The average Bonchev–Trinajstić information content (AvgIpc) is 2.60. The number of azide groups is 2. The van der Waals surface area contributed by atoms with Crippen molar-refractivity contribution in [3.63, 3.8) is 0 Å². The van der Waals surface area contributed by atoms with Crippen LogP contribution < -0.4 is 0 Å². The minimum absolute atomic E-state index is 0.109. The highest BCUT2D eigenvalue weighted by molar-refractivity contribution is 4.84. The Kier molecular flexibility index (Phi) is 11.8. The van der Waals surface area contributed by atoms with Crippen molar-refractivity contribution in [2.75, 3.05) is 79.2 Å².